The van der Waals surface area contributed by atoms with E-state index in [2.05, 4.69) is 10.2 Å². The minimum atomic E-state index is -0.288. The summed E-state index contributed by atoms with van der Waals surface area (Å²) in [6.07, 6.45) is 1.47. The summed E-state index contributed by atoms with van der Waals surface area (Å²) >= 11 is 0. The number of azo groups is 1. The summed E-state index contributed by atoms with van der Waals surface area (Å²) in [5.74, 6) is -0.288. The van der Waals surface area contributed by atoms with Gasteiger partial charge in [-0.05, 0) is 11.6 Å². The standard InChI is InChI=1S/C8H5N2O/c11-8-5-6-3-1-2-4-7(6)9-10-8/h1-5H. The molecular weight excluding hydrogens is 140 g/mol. The summed E-state index contributed by atoms with van der Waals surface area (Å²) in [6.45, 7) is 0. The number of amides is 1. The second kappa shape index (κ2) is 2.27. The average Bonchev–Trinajstić information content (AvgIpc) is 2.04. The van der Waals surface area contributed by atoms with E-state index in [1.54, 1.807) is 0 Å². The fraction of sp³-hybridized carbons (Fsp3) is 0. The lowest BCUT2D eigenvalue weighted by Crippen LogP contribution is -1.98. The van der Waals surface area contributed by atoms with Crippen LogP contribution in [0.3, 0.4) is 0 Å². The van der Waals surface area contributed by atoms with Crippen LogP contribution in [0.2, 0.25) is 0 Å². The maximum atomic E-state index is 10.7. The van der Waals surface area contributed by atoms with Gasteiger partial charge < -0.3 is 0 Å². The Morgan fingerprint density at radius 1 is 1.09 bits per heavy atom. The molecule has 3 heteroatoms. The SMILES string of the molecule is O=C1[CH]c2ccccc2N=N1. The first kappa shape index (κ1) is 6.22. The van der Waals surface area contributed by atoms with Gasteiger partial charge in [-0.15, -0.1) is 10.2 Å². The zero-order chi connectivity index (χ0) is 7.68. The first-order valence-corrected chi connectivity index (χ1v) is 3.26. The van der Waals surface area contributed by atoms with Crippen LogP contribution in [0.4, 0.5) is 5.69 Å². The summed E-state index contributed by atoms with van der Waals surface area (Å²) < 4.78 is 0. The van der Waals surface area contributed by atoms with Crippen molar-refractivity contribution < 1.29 is 4.79 Å². The van der Waals surface area contributed by atoms with E-state index in [0.717, 1.165) is 11.3 Å². The van der Waals surface area contributed by atoms with Crippen LogP contribution in [0.15, 0.2) is 34.5 Å². The van der Waals surface area contributed by atoms with Crippen LogP contribution in [0.25, 0.3) is 0 Å². The number of fused-ring (bicyclic) bond motifs is 1. The quantitative estimate of drug-likeness (QED) is 0.549. The van der Waals surface area contributed by atoms with Crippen molar-refractivity contribution in [1.82, 2.24) is 0 Å². The molecule has 0 atom stereocenters. The molecule has 0 spiro atoms. The third-order valence-electron chi connectivity index (χ3n) is 1.47. The van der Waals surface area contributed by atoms with E-state index >= 15 is 0 Å². The number of rotatable bonds is 0. The van der Waals surface area contributed by atoms with E-state index in [0.29, 0.717) is 0 Å². The maximum Gasteiger partial charge on any atom is 0.273 e. The topological polar surface area (TPSA) is 41.8 Å². The molecule has 0 fully saturated rings. The number of carbonyl (C=O) groups excluding carboxylic acids is 1. The number of hydrogen-bond acceptors (Lipinski definition) is 2. The highest BCUT2D eigenvalue weighted by Gasteiger charge is 2.11. The molecule has 0 aliphatic carbocycles. The minimum absolute atomic E-state index is 0.288. The molecule has 1 aromatic rings. The predicted octanol–water partition coefficient (Wildman–Crippen LogP) is 1.86. The summed E-state index contributed by atoms with van der Waals surface area (Å²) in [7, 11) is 0. The fourth-order valence-corrected chi connectivity index (χ4v) is 0.966. The predicted molar refractivity (Wildman–Crippen MR) is 39.4 cm³/mol. The second-order valence-electron chi connectivity index (χ2n) is 2.24. The highest BCUT2D eigenvalue weighted by Crippen LogP contribution is 2.24. The van der Waals surface area contributed by atoms with Gasteiger partial charge in [-0.25, -0.2) is 0 Å². The molecule has 1 aromatic carbocycles. The van der Waals surface area contributed by atoms with Crippen LogP contribution in [0, 0.1) is 6.42 Å². The lowest BCUT2D eigenvalue weighted by Gasteiger charge is -2.04. The van der Waals surface area contributed by atoms with Gasteiger partial charge in [-0.3, -0.25) is 4.79 Å². The third-order valence-corrected chi connectivity index (χ3v) is 1.47. The molecule has 1 heterocycles. The van der Waals surface area contributed by atoms with Crippen molar-refractivity contribution in [2.75, 3.05) is 0 Å². The van der Waals surface area contributed by atoms with Crippen molar-refractivity contribution >= 4 is 11.6 Å². The first-order chi connectivity index (χ1) is 5.36. The van der Waals surface area contributed by atoms with Gasteiger partial charge in [0.1, 0.15) is 0 Å². The van der Waals surface area contributed by atoms with Crippen molar-refractivity contribution in [3.8, 4) is 0 Å². The Labute approximate surface area is 63.8 Å². The van der Waals surface area contributed by atoms with Crippen molar-refractivity contribution in [2.45, 2.75) is 0 Å². The molecule has 0 saturated carbocycles. The van der Waals surface area contributed by atoms with Crippen molar-refractivity contribution in [3.05, 3.63) is 36.2 Å². The van der Waals surface area contributed by atoms with Gasteiger partial charge in [0.25, 0.3) is 5.91 Å². The molecule has 11 heavy (non-hydrogen) atoms. The molecule has 3 nitrogen and oxygen atoms in total. The van der Waals surface area contributed by atoms with Gasteiger partial charge in [0.15, 0.2) is 0 Å². The smallest absolute Gasteiger partial charge is 0.270 e. The van der Waals surface area contributed by atoms with Crippen LogP contribution in [-0.4, -0.2) is 5.91 Å². The highest BCUT2D eigenvalue weighted by molar-refractivity contribution is 5.92. The van der Waals surface area contributed by atoms with Gasteiger partial charge in [-0.2, -0.15) is 0 Å². The Balaban J connectivity index is 2.54. The van der Waals surface area contributed by atoms with Crippen molar-refractivity contribution in [3.63, 3.8) is 0 Å². The minimum Gasteiger partial charge on any atom is -0.270 e. The molecule has 53 valence electrons. The number of hydrogen-bond donors (Lipinski definition) is 0. The highest BCUT2D eigenvalue weighted by atomic mass is 16.1. The van der Waals surface area contributed by atoms with Crippen molar-refractivity contribution in [2.24, 2.45) is 10.2 Å². The summed E-state index contributed by atoms with van der Waals surface area (Å²) in [6, 6.07) is 7.39. The van der Waals surface area contributed by atoms with Crippen LogP contribution in [0.1, 0.15) is 5.56 Å². The summed E-state index contributed by atoms with van der Waals surface area (Å²) in [5, 5.41) is 7.12. The Bertz CT molecular complexity index is 331. The number of carbonyl (C=O) groups is 1. The van der Waals surface area contributed by atoms with Crippen LogP contribution in [-0.2, 0) is 4.79 Å². The number of nitrogens with zero attached hydrogens (tertiary/aromatic N) is 2. The molecule has 1 amide bonds. The molecule has 0 saturated heterocycles. The van der Waals surface area contributed by atoms with E-state index in [9.17, 15) is 4.79 Å². The zero-order valence-corrected chi connectivity index (χ0v) is 5.69. The Kier molecular flexibility index (Phi) is 1.28. The average molecular weight is 145 g/mol. The van der Waals surface area contributed by atoms with Gasteiger partial charge in [0, 0.05) is 0 Å². The van der Waals surface area contributed by atoms with E-state index < -0.39 is 0 Å². The lowest BCUT2D eigenvalue weighted by molar-refractivity contribution is -0.115. The van der Waals surface area contributed by atoms with E-state index in [-0.39, 0.29) is 5.91 Å². The second-order valence-corrected chi connectivity index (χ2v) is 2.24. The van der Waals surface area contributed by atoms with Gasteiger partial charge in [0.2, 0.25) is 0 Å². The third kappa shape index (κ3) is 1.05. The molecular formula is C8H5N2O. The maximum absolute atomic E-state index is 10.7. The fourth-order valence-electron chi connectivity index (χ4n) is 0.966. The zero-order valence-electron chi connectivity index (χ0n) is 5.69. The largest absolute Gasteiger partial charge is 0.273 e. The van der Waals surface area contributed by atoms with Gasteiger partial charge >= 0.3 is 0 Å². The Hall–Kier alpha value is -1.51. The molecule has 0 N–H and O–H groups in total. The van der Waals surface area contributed by atoms with E-state index in [1.165, 1.54) is 6.42 Å². The van der Waals surface area contributed by atoms with E-state index in [1.807, 2.05) is 24.3 Å². The molecule has 1 radical (unpaired) electrons. The molecule has 2 rings (SSSR count). The normalized spacial score (nSPS) is 14.7. The molecule has 0 unspecified atom stereocenters. The lowest BCUT2D eigenvalue weighted by atomic mass is 10.1. The monoisotopic (exact) mass is 145 g/mol. The summed E-state index contributed by atoms with van der Waals surface area (Å²) in [5.41, 5.74) is 1.60. The molecule has 1 aliphatic rings. The van der Waals surface area contributed by atoms with E-state index in [4.69, 9.17) is 0 Å². The summed E-state index contributed by atoms with van der Waals surface area (Å²) in [4.78, 5) is 10.7. The Morgan fingerprint density at radius 2 is 1.91 bits per heavy atom. The molecule has 1 aliphatic heterocycles. The van der Waals surface area contributed by atoms with Crippen LogP contribution >= 0.6 is 0 Å². The van der Waals surface area contributed by atoms with Crippen molar-refractivity contribution in [1.29, 1.82) is 0 Å². The number of benzene rings is 1. The van der Waals surface area contributed by atoms with Crippen LogP contribution < -0.4 is 0 Å². The molecule has 0 bridgehead atoms. The van der Waals surface area contributed by atoms with Crippen LogP contribution in [0.5, 0.6) is 0 Å². The van der Waals surface area contributed by atoms with Gasteiger partial charge in [0.05, 0.1) is 12.1 Å². The Morgan fingerprint density at radius 3 is 2.82 bits per heavy atom. The first-order valence-electron chi connectivity index (χ1n) is 3.26. The van der Waals surface area contributed by atoms with Gasteiger partial charge in [-0.1, -0.05) is 18.2 Å². The molecule has 0 aromatic heterocycles.